The van der Waals surface area contributed by atoms with Crippen molar-refractivity contribution < 1.29 is 13.2 Å². The number of hydrogen-bond donors (Lipinski definition) is 3. The first kappa shape index (κ1) is 15.8. The Morgan fingerprint density at radius 3 is 2.48 bits per heavy atom. The molecule has 1 aromatic carbocycles. The summed E-state index contributed by atoms with van der Waals surface area (Å²) in [5.74, 6) is 4.65. The molecule has 0 aliphatic heterocycles. The van der Waals surface area contributed by atoms with E-state index in [1.54, 1.807) is 12.1 Å². The summed E-state index contributed by atoms with van der Waals surface area (Å²) in [5, 5.41) is 3.11. The maximum atomic E-state index is 12.7. The second-order valence-corrected chi connectivity index (χ2v) is 5.12. The summed E-state index contributed by atoms with van der Waals surface area (Å²) >= 11 is 9.13. The van der Waals surface area contributed by atoms with Crippen LogP contribution in [0.1, 0.15) is 5.69 Å². The number of hydrazine groups is 1. The Balaban J connectivity index is 2.36. The van der Waals surface area contributed by atoms with Gasteiger partial charge in [0, 0.05) is 16.2 Å². The molecule has 0 amide bonds. The standard InChI is InChI=1S/C11H8BrClF3N5/c12-6-2-1-5(3-7(6)13)18-9-4-8(11(14,15)16)19-10(20-9)21-17/h1-4H,17H2,(H2,18,19,20,21). The van der Waals surface area contributed by atoms with Gasteiger partial charge in [0.05, 0.1) is 5.02 Å². The van der Waals surface area contributed by atoms with Crippen LogP contribution < -0.4 is 16.6 Å². The number of alkyl halides is 3. The van der Waals surface area contributed by atoms with Crippen LogP contribution in [0.2, 0.25) is 5.02 Å². The van der Waals surface area contributed by atoms with E-state index in [4.69, 9.17) is 17.4 Å². The molecule has 2 aromatic rings. The van der Waals surface area contributed by atoms with Crippen molar-refractivity contribution in [2.75, 3.05) is 10.7 Å². The zero-order valence-electron chi connectivity index (χ0n) is 10.2. The van der Waals surface area contributed by atoms with E-state index in [2.05, 4.69) is 31.2 Å². The average molecular weight is 383 g/mol. The van der Waals surface area contributed by atoms with E-state index in [1.165, 1.54) is 6.07 Å². The van der Waals surface area contributed by atoms with Crippen molar-refractivity contribution in [3.8, 4) is 0 Å². The van der Waals surface area contributed by atoms with Gasteiger partial charge in [-0.25, -0.2) is 10.8 Å². The van der Waals surface area contributed by atoms with Crippen LogP contribution in [0, 0.1) is 0 Å². The van der Waals surface area contributed by atoms with E-state index in [0.29, 0.717) is 15.2 Å². The number of aromatic nitrogens is 2. The van der Waals surface area contributed by atoms with Gasteiger partial charge in [-0.15, -0.1) is 0 Å². The summed E-state index contributed by atoms with van der Waals surface area (Å²) in [4.78, 5) is 7.05. The number of nitrogen functional groups attached to an aromatic ring is 1. The fourth-order valence-electron chi connectivity index (χ4n) is 1.44. The van der Waals surface area contributed by atoms with E-state index >= 15 is 0 Å². The van der Waals surface area contributed by atoms with Crippen LogP contribution in [0.25, 0.3) is 0 Å². The molecule has 0 fully saturated rings. The highest BCUT2D eigenvalue weighted by Crippen LogP contribution is 2.31. The van der Waals surface area contributed by atoms with Gasteiger partial charge >= 0.3 is 6.18 Å². The van der Waals surface area contributed by atoms with E-state index < -0.39 is 11.9 Å². The molecule has 0 saturated carbocycles. The third-order valence-corrected chi connectivity index (χ3v) is 3.57. The van der Waals surface area contributed by atoms with Gasteiger partial charge in [-0.1, -0.05) is 11.6 Å². The van der Waals surface area contributed by atoms with Crippen molar-refractivity contribution in [2.24, 2.45) is 5.84 Å². The maximum absolute atomic E-state index is 12.7. The summed E-state index contributed by atoms with van der Waals surface area (Å²) in [6, 6.07) is 5.59. The van der Waals surface area contributed by atoms with Crippen molar-refractivity contribution >= 4 is 45.0 Å². The Kier molecular flexibility index (Phi) is 4.55. The Labute approximate surface area is 130 Å². The first-order chi connectivity index (χ1) is 9.79. The molecule has 112 valence electrons. The van der Waals surface area contributed by atoms with Crippen LogP contribution >= 0.6 is 27.5 Å². The molecule has 4 N–H and O–H groups in total. The normalized spacial score (nSPS) is 11.3. The average Bonchev–Trinajstić information content (AvgIpc) is 2.41. The number of nitrogens with zero attached hydrogens (tertiary/aromatic N) is 2. The van der Waals surface area contributed by atoms with E-state index in [0.717, 1.165) is 6.07 Å². The fourth-order valence-corrected chi connectivity index (χ4v) is 1.87. The number of hydrogen-bond acceptors (Lipinski definition) is 5. The van der Waals surface area contributed by atoms with E-state index in [9.17, 15) is 13.2 Å². The van der Waals surface area contributed by atoms with Gasteiger partial charge < -0.3 is 5.32 Å². The van der Waals surface area contributed by atoms with Crippen molar-refractivity contribution in [3.05, 3.63) is 39.5 Å². The van der Waals surface area contributed by atoms with Gasteiger partial charge in [0.2, 0.25) is 5.95 Å². The van der Waals surface area contributed by atoms with Crippen molar-refractivity contribution in [1.29, 1.82) is 0 Å². The number of nitrogens with two attached hydrogens (primary N) is 1. The molecular weight excluding hydrogens is 375 g/mol. The SMILES string of the molecule is NNc1nc(Nc2ccc(Br)c(Cl)c2)cc(C(F)(F)F)n1. The van der Waals surface area contributed by atoms with Gasteiger partial charge in [-0.2, -0.15) is 18.2 Å². The molecule has 2 rings (SSSR count). The largest absolute Gasteiger partial charge is 0.433 e. The van der Waals surface area contributed by atoms with Crippen LogP contribution in [0.4, 0.5) is 30.6 Å². The van der Waals surface area contributed by atoms with Crippen LogP contribution in [0.5, 0.6) is 0 Å². The lowest BCUT2D eigenvalue weighted by Crippen LogP contribution is -2.16. The maximum Gasteiger partial charge on any atom is 0.433 e. The predicted octanol–water partition coefficient (Wildman–Crippen LogP) is 3.94. The number of halogens is 5. The lowest BCUT2D eigenvalue weighted by molar-refractivity contribution is -0.141. The molecular formula is C11H8BrClF3N5. The number of nitrogens with one attached hydrogen (secondary N) is 2. The third-order valence-electron chi connectivity index (χ3n) is 2.34. The van der Waals surface area contributed by atoms with Crippen molar-refractivity contribution in [3.63, 3.8) is 0 Å². The number of rotatable bonds is 3. The summed E-state index contributed by atoms with van der Waals surface area (Å²) in [7, 11) is 0. The third kappa shape index (κ3) is 3.96. The monoisotopic (exact) mass is 381 g/mol. The first-order valence-electron chi connectivity index (χ1n) is 5.44. The molecule has 1 aromatic heterocycles. The van der Waals surface area contributed by atoms with Gasteiger partial charge in [0.25, 0.3) is 0 Å². The van der Waals surface area contributed by atoms with Gasteiger partial charge in [-0.3, -0.25) is 5.43 Å². The minimum atomic E-state index is -4.61. The highest BCUT2D eigenvalue weighted by atomic mass is 79.9. The zero-order valence-corrected chi connectivity index (χ0v) is 12.5. The van der Waals surface area contributed by atoms with Crippen molar-refractivity contribution in [1.82, 2.24) is 9.97 Å². The molecule has 0 saturated heterocycles. The molecule has 21 heavy (non-hydrogen) atoms. The van der Waals surface area contributed by atoms with E-state index in [1.807, 2.05) is 5.43 Å². The second kappa shape index (κ2) is 6.04. The predicted molar refractivity (Wildman–Crippen MR) is 77.3 cm³/mol. The highest BCUT2D eigenvalue weighted by molar-refractivity contribution is 9.10. The Morgan fingerprint density at radius 2 is 1.90 bits per heavy atom. The van der Waals surface area contributed by atoms with Gasteiger partial charge in [0.15, 0.2) is 5.69 Å². The van der Waals surface area contributed by atoms with Crippen molar-refractivity contribution in [2.45, 2.75) is 6.18 Å². The van der Waals surface area contributed by atoms with Gasteiger partial charge in [-0.05, 0) is 34.1 Å². The smallest absolute Gasteiger partial charge is 0.340 e. The molecule has 0 unspecified atom stereocenters. The molecule has 0 bridgehead atoms. The first-order valence-corrected chi connectivity index (χ1v) is 6.61. The number of benzene rings is 1. The molecule has 0 aliphatic rings. The summed E-state index contributed by atoms with van der Waals surface area (Å²) in [6.45, 7) is 0. The molecule has 10 heteroatoms. The molecule has 0 aliphatic carbocycles. The summed E-state index contributed by atoms with van der Waals surface area (Å²) in [6.07, 6.45) is -4.61. The zero-order chi connectivity index (χ0) is 15.6. The molecule has 5 nitrogen and oxygen atoms in total. The van der Waals surface area contributed by atoms with Crippen LogP contribution in [0.3, 0.4) is 0 Å². The minimum absolute atomic E-state index is 0.0661. The Morgan fingerprint density at radius 1 is 1.19 bits per heavy atom. The van der Waals surface area contributed by atoms with Crippen LogP contribution in [-0.4, -0.2) is 9.97 Å². The molecule has 0 atom stereocenters. The fraction of sp³-hybridized carbons (Fsp3) is 0.0909. The molecule has 0 radical (unpaired) electrons. The molecule has 0 spiro atoms. The Bertz CT molecular complexity index is 665. The topological polar surface area (TPSA) is 75.9 Å². The lowest BCUT2D eigenvalue weighted by Gasteiger charge is -2.11. The van der Waals surface area contributed by atoms with Gasteiger partial charge in [0.1, 0.15) is 5.82 Å². The Hall–Kier alpha value is -1.58. The minimum Gasteiger partial charge on any atom is -0.340 e. The van der Waals surface area contributed by atoms with E-state index in [-0.39, 0.29) is 11.8 Å². The van der Waals surface area contributed by atoms with Crippen LogP contribution in [-0.2, 0) is 6.18 Å². The summed E-state index contributed by atoms with van der Waals surface area (Å²) in [5.41, 5.74) is 1.35. The number of anilines is 3. The van der Waals surface area contributed by atoms with Crippen LogP contribution in [0.15, 0.2) is 28.7 Å². The second-order valence-electron chi connectivity index (χ2n) is 3.86. The quantitative estimate of drug-likeness (QED) is 0.554. The summed E-state index contributed by atoms with van der Waals surface area (Å²) < 4.78 is 38.8. The highest BCUT2D eigenvalue weighted by Gasteiger charge is 2.33. The lowest BCUT2D eigenvalue weighted by atomic mass is 10.3. The molecule has 1 heterocycles.